The molecule has 4 nitrogen and oxygen atoms in total. The maximum absolute atomic E-state index is 12.7. The van der Waals surface area contributed by atoms with Gasteiger partial charge in [0.15, 0.2) is 0 Å². The molecule has 0 atom stereocenters. The Labute approximate surface area is 94.8 Å². The third-order valence-electron chi connectivity index (χ3n) is 1.55. The summed E-state index contributed by atoms with van der Waals surface area (Å²) in [6, 6.07) is 5.26. The topological polar surface area (TPSA) is 63.2 Å². The van der Waals surface area contributed by atoms with E-state index in [1.807, 2.05) is 0 Å². The van der Waals surface area contributed by atoms with Crippen LogP contribution in [-0.2, 0) is 15.0 Å². The first-order valence-corrected chi connectivity index (χ1v) is 6.35. The zero-order valence-electron chi connectivity index (χ0n) is 7.41. The first-order chi connectivity index (χ1) is 6.95. The van der Waals surface area contributed by atoms with Gasteiger partial charge in [0.1, 0.15) is 4.90 Å². The molecule has 1 N–H and O–H groups in total. The van der Waals surface area contributed by atoms with Crippen LogP contribution >= 0.6 is 15.9 Å². The maximum atomic E-state index is 12.7. The van der Waals surface area contributed by atoms with Crippen LogP contribution in [0.1, 0.15) is 0 Å². The van der Waals surface area contributed by atoms with Gasteiger partial charge in [-0.15, -0.1) is 3.89 Å². The van der Waals surface area contributed by atoms with Crippen molar-refractivity contribution in [2.75, 3.05) is 10.6 Å². The van der Waals surface area contributed by atoms with E-state index in [-0.39, 0.29) is 11.0 Å². The van der Waals surface area contributed by atoms with E-state index < -0.39 is 21.0 Å². The normalized spacial score (nSPS) is 11.1. The fourth-order valence-electron chi connectivity index (χ4n) is 0.966. The average molecular weight is 296 g/mol. The molecule has 82 valence electrons. The number of amides is 1. The molecule has 0 saturated heterocycles. The van der Waals surface area contributed by atoms with Crippen molar-refractivity contribution in [2.45, 2.75) is 4.90 Å². The molecule has 0 spiro atoms. The highest BCUT2D eigenvalue weighted by Gasteiger charge is 2.17. The number of carbonyl (C=O) groups is 1. The maximum Gasteiger partial charge on any atom is 0.334 e. The molecule has 0 saturated carbocycles. The SMILES string of the molecule is O=C(CBr)Nc1ccccc1S(=O)(=O)F. The predicted octanol–water partition coefficient (Wildman–Crippen LogP) is 1.68. The van der Waals surface area contributed by atoms with Gasteiger partial charge in [-0.2, -0.15) is 8.42 Å². The molecule has 0 unspecified atom stereocenters. The number of rotatable bonds is 3. The second kappa shape index (κ2) is 4.71. The van der Waals surface area contributed by atoms with E-state index >= 15 is 0 Å². The summed E-state index contributed by atoms with van der Waals surface area (Å²) in [6.07, 6.45) is 0. The highest BCUT2D eigenvalue weighted by Crippen LogP contribution is 2.22. The van der Waals surface area contributed by atoms with Gasteiger partial charge in [0, 0.05) is 0 Å². The minimum atomic E-state index is -4.82. The van der Waals surface area contributed by atoms with E-state index in [1.165, 1.54) is 18.2 Å². The van der Waals surface area contributed by atoms with Crippen LogP contribution in [0.4, 0.5) is 9.57 Å². The summed E-state index contributed by atoms with van der Waals surface area (Å²) in [5, 5.41) is 2.27. The molecule has 15 heavy (non-hydrogen) atoms. The van der Waals surface area contributed by atoms with Gasteiger partial charge >= 0.3 is 10.2 Å². The fraction of sp³-hybridized carbons (Fsp3) is 0.125. The molecule has 7 heteroatoms. The molecule has 0 aliphatic heterocycles. The van der Waals surface area contributed by atoms with Crippen molar-refractivity contribution in [2.24, 2.45) is 0 Å². The number of hydrogen-bond acceptors (Lipinski definition) is 3. The summed E-state index contributed by atoms with van der Waals surface area (Å²) in [7, 11) is -4.82. The molecular weight excluding hydrogens is 289 g/mol. The minimum absolute atomic E-state index is 0.00761. The first kappa shape index (κ1) is 12.1. The molecular formula is C8H7BrFNO3S. The summed E-state index contributed by atoms with van der Waals surface area (Å²) in [5.74, 6) is -0.453. The predicted molar refractivity (Wildman–Crippen MR) is 57.2 cm³/mol. The molecule has 0 aromatic heterocycles. The zero-order valence-corrected chi connectivity index (χ0v) is 9.81. The number of para-hydroxylation sites is 1. The number of benzene rings is 1. The number of hydrogen-bond donors (Lipinski definition) is 1. The lowest BCUT2D eigenvalue weighted by molar-refractivity contribution is -0.113. The van der Waals surface area contributed by atoms with Crippen molar-refractivity contribution >= 4 is 37.7 Å². The smallest absolute Gasteiger partial charge is 0.324 e. The van der Waals surface area contributed by atoms with E-state index in [2.05, 4.69) is 21.2 Å². The molecule has 1 rings (SSSR count). The van der Waals surface area contributed by atoms with Crippen LogP contribution in [0.25, 0.3) is 0 Å². The van der Waals surface area contributed by atoms with E-state index in [1.54, 1.807) is 0 Å². The molecule has 0 radical (unpaired) electrons. The van der Waals surface area contributed by atoms with Gasteiger partial charge in [0.05, 0.1) is 11.0 Å². The monoisotopic (exact) mass is 295 g/mol. The van der Waals surface area contributed by atoms with Crippen molar-refractivity contribution in [3.8, 4) is 0 Å². The Bertz CT molecular complexity index is 475. The molecule has 0 heterocycles. The highest BCUT2D eigenvalue weighted by molar-refractivity contribution is 9.09. The van der Waals surface area contributed by atoms with Gasteiger partial charge in [0.2, 0.25) is 5.91 Å². The van der Waals surface area contributed by atoms with E-state index in [4.69, 9.17) is 0 Å². The Morgan fingerprint density at radius 3 is 2.53 bits per heavy atom. The average Bonchev–Trinajstić information content (AvgIpc) is 2.17. The van der Waals surface area contributed by atoms with Crippen LogP contribution < -0.4 is 5.32 Å². The summed E-state index contributed by atoms with van der Waals surface area (Å²) >= 11 is 2.89. The van der Waals surface area contributed by atoms with E-state index in [0.29, 0.717) is 0 Å². The van der Waals surface area contributed by atoms with Gasteiger partial charge < -0.3 is 5.32 Å². The van der Waals surface area contributed by atoms with Crippen LogP contribution in [-0.4, -0.2) is 19.7 Å². The van der Waals surface area contributed by atoms with Crippen molar-refractivity contribution in [3.63, 3.8) is 0 Å². The molecule has 0 fully saturated rings. The Morgan fingerprint density at radius 2 is 2.00 bits per heavy atom. The Hall–Kier alpha value is -0.950. The zero-order chi connectivity index (χ0) is 11.5. The summed E-state index contributed by atoms with van der Waals surface area (Å²) in [6.45, 7) is 0. The second-order valence-corrected chi connectivity index (χ2v) is 4.49. The standard InChI is InChI=1S/C8H7BrFNO3S/c9-5-8(12)11-6-3-1-2-4-7(6)15(10,13)14/h1-4H,5H2,(H,11,12). The van der Waals surface area contributed by atoms with Crippen molar-refractivity contribution in [3.05, 3.63) is 24.3 Å². The van der Waals surface area contributed by atoms with Crippen LogP contribution in [0.5, 0.6) is 0 Å². The third-order valence-corrected chi connectivity index (χ3v) is 2.94. The van der Waals surface area contributed by atoms with Gasteiger partial charge in [-0.1, -0.05) is 28.1 Å². The summed E-state index contributed by atoms with van der Waals surface area (Å²) < 4.78 is 34.1. The van der Waals surface area contributed by atoms with Crippen molar-refractivity contribution < 1.29 is 17.1 Å². The number of nitrogens with one attached hydrogen (secondary N) is 1. The molecule has 0 aliphatic carbocycles. The molecule has 1 amide bonds. The quantitative estimate of drug-likeness (QED) is 0.682. The third kappa shape index (κ3) is 3.28. The molecule has 0 aliphatic rings. The van der Waals surface area contributed by atoms with Gasteiger partial charge in [-0.3, -0.25) is 4.79 Å². The lowest BCUT2D eigenvalue weighted by atomic mass is 10.3. The lowest BCUT2D eigenvalue weighted by Gasteiger charge is -2.06. The largest absolute Gasteiger partial charge is 0.334 e. The molecule has 1 aromatic rings. The number of anilines is 1. The van der Waals surface area contributed by atoms with Crippen LogP contribution in [0, 0.1) is 0 Å². The van der Waals surface area contributed by atoms with Crippen LogP contribution in [0.15, 0.2) is 29.2 Å². The summed E-state index contributed by atoms with van der Waals surface area (Å²) in [5.41, 5.74) is -0.0653. The minimum Gasteiger partial charge on any atom is -0.324 e. The van der Waals surface area contributed by atoms with E-state index in [0.717, 1.165) is 6.07 Å². The Kier molecular flexibility index (Phi) is 3.81. The number of halogens is 2. The second-order valence-electron chi connectivity index (χ2n) is 2.62. The van der Waals surface area contributed by atoms with Crippen LogP contribution in [0.2, 0.25) is 0 Å². The number of carbonyl (C=O) groups excluding carboxylic acids is 1. The first-order valence-electron chi connectivity index (χ1n) is 3.84. The lowest BCUT2D eigenvalue weighted by Crippen LogP contribution is -2.14. The van der Waals surface area contributed by atoms with Gasteiger partial charge in [-0.05, 0) is 12.1 Å². The Morgan fingerprint density at radius 1 is 1.40 bits per heavy atom. The van der Waals surface area contributed by atoms with E-state index in [9.17, 15) is 17.1 Å². The highest BCUT2D eigenvalue weighted by atomic mass is 79.9. The fourth-order valence-corrected chi connectivity index (χ4v) is 1.73. The van der Waals surface area contributed by atoms with Gasteiger partial charge in [0.25, 0.3) is 0 Å². The summed E-state index contributed by atoms with van der Waals surface area (Å²) in [4.78, 5) is 10.4. The van der Waals surface area contributed by atoms with Crippen molar-refractivity contribution in [1.29, 1.82) is 0 Å². The van der Waals surface area contributed by atoms with Crippen molar-refractivity contribution in [1.82, 2.24) is 0 Å². The molecule has 0 bridgehead atoms. The van der Waals surface area contributed by atoms with Crippen LogP contribution in [0.3, 0.4) is 0 Å². The van der Waals surface area contributed by atoms with Gasteiger partial charge in [-0.25, -0.2) is 0 Å². The Balaban J connectivity index is 3.13. The number of alkyl halides is 1. The molecule has 1 aromatic carbocycles.